The Balaban J connectivity index is 1.65. The second-order valence-electron chi connectivity index (χ2n) is 6.38. The Bertz CT molecular complexity index is 779. The number of nitrogens with zero attached hydrogens (tertiary/aromatic N) is 2. The molecule has 7 heteroatoms. The first-order chi connectivity index (χ1) is 12.5. The summed E-state index contributed by atoms with van der Waals surface area (Å²) >= 11 is 6.06. The van der Waals surface area contributed by atoms with Crippen LogP contribution in [0.15, 0.2) is 36.4 Å². The third-order valence-corrected chi connectivity index (χ3v) is 4.66. The van der Waals surface area contributed by atoms with Gasteiger partial charge in [0.15, 0.2) is 0 Å². The predicted molar refractivity (Wildman–Crippen MR) is 99.6 cm³/mol. The number of anilines is 1. The maximum absolute atomic E-state index is 12.7. The van der Waals surface area contributed by atoms with Crippen molar-refractivity contribution in [3.63, 3.8) is 0 Å². The van der Waals surface area contributed by atoms with Gasteiger partial charge in [-0.2, -0.15) is 4.98 Å². The minimum Gasteiger partial charge on any atom is -0.474 e. The van der Waals surface area contributed by atoms with Crippen LogP contribution in [0.5, 0.6) is 5.88 Å². The molecule has 0 unspecified atom stereocenters. The van der Waals surface area contributed by atoms with Crippen LogP contribution in [0, 0.1) is 0 Å². The second kappa shape index (κ2) is 8.47. The number of nitrogens with one attached hydrogen (secondary N) is 1. The lowest BCUT2D eigenvalue weighted by atomic mass is 10.1. The van der Waals surface area contributed by atoms with E-state index in [0.29, 0.717) is 17.3 Å². The molecule has 5 nitrogen and oxygen atoms in total. The molecule has 2 aromatic rings. The predicted octanol–water partition coefficient (Wildman–Crippen LogP) is 3.93. The normalized spacial score (nSPS) is 15.7. The van der Waals surface area contributed by atoms with E-state index in [9.17, 15) is 9.18 Å². The summed E-state index contributed by atoms with van der Waals surface area (Å²) in [6.45, 7) is 1.36. The zero-order chi connectivity index (χ0) is 18.5. The van der Waals surface area contributed by atoms with Crippen molar-refractivity contribution in [3.05, 3.63) is 52.5 Å². The topological polar surface area (TPSA) is 54.5 Å². The van der Waals surface area contributed by atoms with E-state index >= 15 is 0 Å². The maximum Gasteiger partial charge on any atom is 0.258 e. The molecule has 1 aliphatic rings. The highest BCUT2D eigenvalue weighted by atomic mass is 35.5. The largest absolute Gasteiger partial charge is 0.474 e. The van der Waals surface area contributed by atoms with E-state index < -0.39 is 12.6 Å². The average molecular weight is 378 g/mol. The Hall–Kier alpha value is -2.18. The highest BCUT2D eigenvalue weighted by Gasteiger charge is 2.19. The van der Waals surface area contributed by atoms with Crippen molar-refractivity contribution in [1.82, 2.24) is 9.88 Å². The number of piperidine rings is 1. The minimum absolute atomic E-state index is 0.132. The van der Waals surface area contributed by atoms with Crippen molar-refractivity contribution in [2.24, 2.45) is 0 Å². The lowest BCUT2D eigenvalue weighted by Crippen LogP contribution is -2.35. The van der Waals surface area contributed by atoms with Gasteiger partial charge in [-0.15, -0.1) is 0 Å². The van der Waals surface area contributed by atoms with Crippen molar-refractivity contribution >= 4 is 23.3 Å². The SMILES string of the molecule is CN1CCC(Oc2cccc(NC(=O)c3ccc(CF)cc3Cl)n2)CC1. The lowest BCUT2D eigenvalue weighted by Gasteiger charge is -2.28. The van der Waals surface area contributed by atoms with Crippen LogP contribution in [0.2, 0.25) is 5.02 Å². The van der Waals surface area contributed by atoms with E-state index in [4.69, 9.17) is 16.3 Å². The first kappa shape index (κ1) is 18.6. The van der Waals surface area contributed by atoms with Gasteiger partial charge in [0.25, 0.3) is 5.91 Å². The third kappa shape index (κ3) is 4.71. The van der Waals surface area contributed by atoms with Gasteiger partial charge in [-0.25, -0.2) is 4.39 Å². The molecule has 26 heavy (non-hydrogen) atoms. The number of benzene rings is 1. The number of likely N-dealkylation sites (tertiary alicyclic amines) is 1. The Morgan fingerprint density at radius 3 is 2.81 bits per heavy atom. The lowest BCUT2D eigenvalue weighted by molar-refractivity contribution is 0.102. The number of alkyl halides is 1. The van der Waals surface area contributed by atoms with Crippen molar-refractivity contribution in [1.29, 1.82) is 0 Å². The number of rotatable bonds is 5. The van der Waals surface area contributed by atoms with Gasteiger partial charge in [0.1, 0.15) is 18.6 Å². The molecule has 0 radical (unpaired) electrons. The van der Waals surface area contributed by atoms with Crippen LogP contribution in [-0.4, -0.2) is 42.0 Å². The number of hydrogen-bond donors (Lipinski definition) is 1. The van der Waals surface area contributed by atoms with Gasteiger partial charge < -0.3 is 15.0 Å². The molecule has 1 aromatic carbocycles. The van der Waals surface area contributed by atoms with E-state index in [1.807, 2.05) is 0 Å². The molecule has 0 atom stereocenters. The summed E-state index contributed by atoms with van der Waals surface area (Å²) in [6, 6.07) is 9.73. The zero-order valence-corrected chi connectivity index (χ0v) is 15.3. The van der Waals surface area contributed by atoms with Gasteiger partial charge in [-0.1, -0.05) is 23.7 Å². The van der Waals surface area contributed by atoms with Crippen LogP contribution < -0.4 is 10.1 Å². The maximum atomic E-state index is 12.7. The molecular weight excluding hydrogens is 357 g/mol. The van der Waals surface area contributed by atoms with Crippen LogP contribution in [0.4, 0.5) is 10.2 Å². The fourth-order valence-electron chi connectivity index (χ4n) is 2.83. The van der Waals surface area contributed by atoms with E-state index in [1.54, 1.807) is 18.2 Å². The Morgan fingerprint density at radius 1 is 1.35 bits per heavy atom. The van der Waals surface area contributed by atoms with E-state index in [1.165, 1.54) is 18.2 Å². The van der Waals surface area contributed by atoms with Gasteiger partial charge in [0, 0.05) is 19.2 Å². The Kier molecular flexibility index (Phi) is 6.06. The van der Waals surface area contributed by atoms with Crippen LogP contribution in [0.3, 0.4) is 0 Å². The van der Waals surface area contributed by atoms with Crippen LogP contribution in [0.25, 0.3) is 0 Å². The Labute approximate surface area is 157 Å². The van der Waals surface area contributed by atoms with Gasteiger partial charge in [0.2, 0.25) is 5.88 Å². The molecule has 138 valence electrons. The number of carbonyl (C=O) groups is 1. The minimum atomic E-state index is -0.625. The summed E-state index contributed by atoms with van der Waals surface area (Å²) in [5.74, 6) is 0.464. The molecule has 1 amide bonds. The van der Waals surface area contributed by atoms with Gasteiger partial charge in [-0.05, 0) is 43.7 Å². The zero-order valence-electron chi connectivity index (χ0n) is 14.5. The monoisotopic (exact) mass is 377 g/mol. The summed E-state index contributed by atoms with van der Waals surface area (Å²) in [7, 11) is 2.09. The summed E-state index contributed by atoms with van der Waals surface area (Å²) in [4.78, 5) is 19.0. The average Bonchev–Trinajstić information content (AvgIpc) is 2.63. The number of aromatic nitrogens is 1. The van der Waals surface area contributed by atoms with Gasteiger partial charge in [0.05, 0.1) is 10.6 Å². The molecule has 3 rings (SSSR count). The molecule has 1 N–H and O–H groups in total. The van der Waals surface area contributed by atoms with Crippen molar-refractivity contribution < 1.29 is 13.9 Å². The van der Waals surface area contributed by atoms with E-state index in [2.05, 4.69) is 22.2 Å². The van der Waals surface area contributed by atoms with Crippen molar-refractivity contribution in [2.45, 2.75) is 25.6 Å². The smallest absolute Gasteiger partial charge is 0.258 e. The molecule has 0 saturated carbocycles. The molecule has 1 saturated heterocycles. The molecule has 0 spiro atoms. The van der Waals surface area contributed by atoms with Crippen LogP contribution >= 0.6 is 11.6 Å². The Morgan fingerprint density at radius 2 is 2.12 bits per heavy atom. The van der Waals surface area contributed by atoms with Gasteiger partial charge >= 0.3 is 0 Å². The summed E-state index contributed by atoms with van der Waals surface area (Å²) in [5, 5.41) is 2.91. The molecule has 1 fully saturated rings. The first-order valence-corrected chi connectivity index (χ1v) is 8.91. The number of halogens is 2. The molecule has 0 aliphatic carbocycles. The standard InChI is InChI=1S/C19H21ClFN3O2/c1-24-9-7-14(8-10-24)26-18-4-2-3-17(22-18)23-19(25)15-6-5-13(12-21)11-16(15)20/h2-6,11,14H,7-10,12H2,1H3,(H,22,23,25). The van der Waals surface area contributed by atoms with Crippen LogP contribution in [0.1, 0.15) is 28.8 Å². The molecule has 0 bridgehead atoms. The fourth-order valence-corrected chi connectivity index (χ4v) is 3.12. The summed E-state index contributed by atoms with van der Waals surface area (Å²) in [6.07, 6.45) is 2.03. The van der Waals surface area contributed by atoms with E-state index in [-0.39, 0.29) is 16.7 Å². The summed E-state index contributed by atoms with van der Waals surface area (Å²) < 4.78 is 18.6. The second-order valence-corrected chi connectivity index (χ2v) is 6.79. The molecule has 1 aliphatic heterocycles. The highest BCUT2D eigenvalue weighted by molar-refractivity contribution is 6.34. The molecule has 1 aromatic heterocycles. The number of hydrogen-bond acceptors (Lipinski definition) is 4. The number of carbonyl (C=O) groups excluding carboxylic acids is 1. The van der Waals surface area contributed by atoms with Gasteiger partial charge in [-0.3, -0.25) is 4.79 Å². The van der Waals surface area contributed by atoms with Crippen molar-refractivity contribution in [3.8, 4) is 5.88 Å². The van der Waals surface area contributed by atoms with Crippen molar-refractivity contribution in [2.75, 3.05) is 25.5 Å². The fraction of sp³-hybridized carbons (Fsp3) is 0.368. The summed E-state index contributed by atoms with van der Waals surface area (Å²) in [5.41, 5.74) is 0.700. The van der Waals surface area contributed by atoms with Crippen LogP contribution in [-0.2, 0) is 6.67 Å². The number of ether oxygens (including phenoxy) is 1. The molecular formula is C19H21ClFN3O2. The van der Waals surface area contributed by atoms with E-state index in [0.717, 1.165) is 25.9 Å². The first-order valence-electron chi connectivity index (χ1n) is 8.53. The number of pyridine rings is 1. The highest BCUT2D eigenvalue weighted by Crippen LogP contribution is 2.21. The number of amides is 1. The third-order valence-electron chi connectivity index (χ3n) is 4.35. The molecule has 2 heterocycles. The quantitative estimate of drug-likeness (QED) is 0.857.